The molecule has 0 bridgehead atoms. The lowest BCUT2D eigenvalue weighted by atomic mass is 9.81. The molecule has 0 amide bonds. The lowest BCUT2D eigenvalue weighted by molar-refractivity contribution is 0.0491. The molecule has 28 heavy (non-hydrogen) atoms. The highest BCUT2D eigenvalue weighted by Crippen LogP contribution is 2.35. The van der Waals surface area contributed by atoms with Gasteiger partial charge in [0.2, 0.25) is 0 Å². The van der Waals surface area contributed by atoms with Crippen LogP contribution in [0.5, 0.6) is 5.75 Å². The number of ketones is 1. The number of fused-ring (bicyclic) bond motifs is 1. The SMILES string of the molecule is CCCCCOC(=O)c1[nH]c2c(c1C)C(=O)CC(c1ccc(OCC)cc1)C2. The second-order valence-electron chi connectivity index (χ2n) is 7.35. The molecule has 1 unspecified atom stereocenters. The van der Waals surface area contributed by atoms with Gasteiger partial charge in [0, 0.05) is 17.7 Å². The molecule has 1 atom stereocenters. The molecule has 0 saturated heterocycles. The first-order valence-corrected chi connectivity index (χ1v) is 10.2. The van der Waals surface area contributed by atoms with Crippen molar-refractivity contribution in [2.24, 2.45) is 0 Å². The first kappa shape index (κ1) is 20.2. The van der Waals surface area contributed by atoms with Gasteiger partial charge < -0.3 is 14.5 Å². The zero-order valence-electron chi connectivity index (χ0n) is 17.0. The van der Waals surface area contributed by atoms with Gasteiger partial charge in [-0.2, -0.15) is 0 Å². The molecule has 1 aromatic carbocycles. The van der Waals surface area contributed by atoms with Crippen LogP contribution in [0.2, 0.25) is 0 Å². The number of ether oxygens (including phenoxy) is 2. The number of aromatic amines is 1. The molecule has 1 aromatic heterocycles. The van der Waals surface area contributed by atoms with Crippen LogP contribution in [-0.2, 0) is 11.2 Å². The molecule has 0 radical (unpaired) electrons. The van der Waals surface area contributed by atoms with Crippen LogP contribution in [0.4, 0.5) is 0 Å². The smallest absolute Gasteiger partial charge is 0.355 e. The van der Waals surface area contributed by atoms with Crippen molar-refractivity contribution in [3.05, 3.63) is 52.3 Å². The predicted octanol–water partition coefficient (Wildman–Crippen LogP) is 4.98. The van der Waals surface area contributed by atoms with Crippen molar-refractivity contribution in [2.45, 2.75) is 58.8 Å². The van der Waals surface area contributed by atoms with Gasteiger partial charge in [-0.3, -0.25) is 4.79 Å². The Morgan fingerprint density at radius 1 is 1.14 bits per heavy atom. The number of hydrogen-bond acceptors (Lipinski definition) is 4. The third-order valence-electron chi connectivity index (χ3n) is 5.34. The number of nitrogens with one attached hydrogen (secondary N) is 1. The Morgan fingerprint density at radius 3 is 2.57 bits per heavy atom. The lowest BCUT2D eigenvalue weighted by Crippen LogP contribution is -2.18. The molecule has 5 heteroatoms. The van der Waals surface area contributed by atoms with Crippen molar-refractivity contribution in [1.82, 2.24) is 4.98 Å². The highest BCUT2D eigenvalue weighted by Gasteiger charge is 2.32. The number of hydrogen-bond donors (Lipinski definition) is 1. The number of Topliss-reactive ketones (excluding diaryl/α,β-unsaturated/α-hetero) is 1. The fourth-order valence-corrected chi connectivity index (χ4v) is 3.87. The van der Waals surface area contributed by atoms with E-state index in [1.54, 1.807) is 0 Å². The largest absolute Gasteiger partial charge is 0.494 e. The molecule has 0 aliphatic heterocycles. The molecular formula is C23H29NO4. The van der Waals surface area contributed by atoms with E-state index in [9.17, 15) is 9.59 Å². The van der Waals surface area contributed by atoms with Crippen LogP contribution in [-0.4, -0.2) is 30.0 Å². The Bertz CT molecular complexity index is 835. The van der Waals surface area contributed by atoms with Gasteiger partial charge in [0.15, 0.2) is 5.78 Å². The first-order valence-electron chi connectivity index (χ1n) is 10.2. The number of unbranched alkanes of at least 4 members (excludes halogenated alkanes) is 2. The molecule has 1 N–H and O–H groups in total. The van der Waals surface area contributed by atoms with Crippen LogP contribution < -0.4 is 4.74 Å². The molecule has 0 fully saturated rings. The summed E-state index contributed by atoms with van der Waals surface area (Å²) >= 11 is 0. The summed E-state index contributed by atoms with van der Waals surface area (Å²) < 4.78 is 10.9. The van der Waals surface area contributed by atoms with Gasteiger partial charge in [-0.15, -0.1) is 0 Å². The summed E-state index contributed by atoms with van der Waals surface area (Å²) in [6.07, 6.45) is 4.13. The Kier molecular flexibility index (Phi) is 6.55. The Morgan fingerprint density at radius 2 is 1.89 bits per heavy atom. The standard InChI is InChI=1S/C23H29NO4/c1-4-6-7-12-28-23(26)22-15(3)21-19(24-22)13-17(14-20(21)25)16-8-10-18(11-9-16)27-5-2/h8-11,17,24H,4-7,12-14H2,1-3H3. The average molecular weight is 383 g/mol. The zero-order valence-corrected chi connectivity index (χ0v) is 17.0. The third kappa shape index (κ3) is 4.29. The number of carbonyl (C=O) groups is 2. The molecule has 1 aliphatic rings. The van der Waals surface area contributed by atoms with E-state index in [0.29, 0.717) is 42.9 Å². The number of H-pyrrole nitrogens is 1. The van der Waals surface area contributed by atoms with Crippen molar-refractivity contribution in [2.75, 3.05) is 13.2 Å². The molecule has 2 aromatic rings. The van der Waals surface area contributed by atoms with Crippen molar-refractivity contribution in [3.8, 4) is 5.75 Å². The van der Waals surface area contributed by atoms with E-state index in [4.69, 9.17) is 9.47 Å². The molecular weight excluding hydrogens is 354 g/mol. The quantitative estimate of drug-likeness (QED) is 0.515. The maximum atomic E-state index is 12.8. The van der Waals surface area contributed by atoms with Crippen LogP contribution in [0.1, 0.15) is 83.1 Å². The van der Waals surface area contributed by atoms with E-state index >= 15 is 0 Å². The van der Waals surface area contributed by atoms with Gasteiger partial charge in [-0.05, 0) is 55.9 Å². The first-order chi connectivity index (χ1) is 13.5. The third-order valence-corrected chi connectivity index (χ3v) is 5.34. The fourth-order valence-electron chi connectivity index (χ4n) is 3.87. The summed E-state index contributed by atoms with van der Waals surface area (Å²) in [5, 5.41) is 0. The maximum absolute atomic E-state index is 12.8. The van der Waals surface area contributed by atoms with Gasteiger partial charge in [-0.25, -0.2) is 4.79 Å². The number of aromatic nitrogens is 1. The normalized spacial score (nSPS) is 16.0. The lowest BCUT2D eigenvalue weighted by Gasteiger charge is -2.22. The predicted molar refractivity (Wildman–Crippen MR) is 108 cm³/mol. The maximum Gasteiger partial charge on any atom is 0.355 e. The molecule has 0 saturated carbocycles. The van der Waals surface area contributed by atoms with Gasteiger partial charge in [0.05, 0.1) is 13.2 Å². The molecule has 1 heterocycles. The van der Waals surface area contributed by atoms with Crippen LogP contribution in [0.15, 0.2) is 24.3 Å². The Labute approximate surface area is 166 Å². The fraction of sp³-hybridized carbons (Fsp3) is 0.478. The number of esters is 1. The van der Waals surface area contributed by atoms with Gasteiger partial charge in [0.25, 0.3) is 0 Å². The zero-order chi connectivity index (χ0) is 20.1. The van der Waals surface area contributed by atoms with Crippen LogP contribution in [0.3, 0.4) is 0 Å². The number of rotatable bonds is 8. The van der Waals surface area contributed by atoms with E-state index in [0.717, 1.165) is 36.3 Å². The monoisotopic (exact) mass is 383 g/mol. The molecule has 150 valence electrons. The molecule has 0 spiro atoms. The van der Waals surface area contributed by atoms with Crippen molar-refractivity contribution >= 4 is 11.8 Å². The van der Waals surface area contributed by atoms with Crippen LogP contribution in [0.25, 0.3) is 0 Å². The van der Waals surface area contributed by atoms with E-state index in [1.807, 2.05) is 38.1 Å². The Hall–Kier alpha value is -2.56. The van der Waals surface area contributed by atoms with Gasteiger partial charge >= 0.3 is 5.97 Å². The Balaban J connectivity index is 1.75. The van der Waals surface area contributed by atoms with Crippen molar-refractivity contribution in [1.29, 1.82) is 0 Å². The second-order valence-corrected chi connectivity index (χ2v) is 7.35. The van der Waals surface area contributed by atoms with Gasteiger partial charge in [-0.1, -0.05) is 31.9 Å². The van der Waals surface area contributed by atoms with E-state index in [1.165, 1.54) is 0 Å². The van der Waals surface area contributed by atoms with Crippen molar-refractivity contribution < 1.29 is 19.1 Å². The van der Waals surface area contributed by atoms with Crippen LogP contribution >= 0.6 is 0 Å². The van der Waals surface area contributed by atoms with E-state index in [2.05, 4.69) is 11.9 Å². The summed E-state index contributed by atoms with van der Waals surface area (Å²) in [7, 11) is 0. The van der Waals surface area contributed by atoms with E-state index < -0.39 is 0 Å². The summed E-state index contributed by atoms with van der Waals surface area (Å²) in [5.41, 5.74) is 3.75. The highest BCUT2D eigenvalue weighted by molar-refractivity contribution is 6.03. The summed E-state index contributed by atoms with van der Waals surface area (Å²) in [5.74, 6) is 0.646. The number of benzene rings is 1. The summed E-state index contributed by atoms with van der Waals surface area (Å²) in [4.78, 5) is 28.4. The molecule has 3 rings (SSSR count). The van der Waals surface area contributed by atoms with Crippen molar-refractivity contribution in [3.63, 3.8) is 0 Å². The minimum absolute atomic E-state index is 0.0823. The average Bonchev–Trinajstić information content (AvgIpc) is 3.03. The number of carbonyl (C=O) groups excluding carboxylic acids is 2. The van der Waals surface area contributed by atoms with E-state index in [-0.39, 0.29) is 17.7 Å². The van der Waals surface area contributed by atoms with Crippen LogP contribution in [0, 0.1) is 6.92 Å². The highest BCUT2D eigenvalue weighted by atomic mass is 16.5. The summed E-state index contributed by atoms with van der Waals surface area (Å²) in [6.45, 7) is 6.93. The minimum Gasteiger partial charge on any atom is -0.494 e. The molecule has 1 aliphatic carbocycles. The molecule has 5 nitrogen and oxygen atoms in total. The minimum atomic E-state index is -0.367. The van der Waals surface area contributed by atoms with Gasteiger partial charge in [0.1, 0.15) is 11.4 Å². The topological polar surface area (TPSA) is 68.4 Å². The summed E-state index contributed by atoms with van der Waals surface area (Å²) in [6, 6.07) is 7.93. The second kappa shape index (κ2) is 9.09.